The summed E-state index contributed by atoms with van der Waals surface area (Å²) in [5.41, 5.74) is 1.20. The van der Waals surface area contributed by atoms with Gasteiger partial charge in [0.15, 0.2) is 0 Å². The molecule has 0 aliphatic heterocycles. The normalized spacial score (nSPS) is 20.5. The van der Waals surface area contributed by atoms with Gasteiger partial charge < -0.3 is 14.2 Å². The van der Waals surface area contributed by atoms with E-state index in [1.165, 1.54) is 31.2 Å². The Labute approximate surface area is 128 Å². The van der Waals surface area contributed by atoms with Gasteiger partial charge in [-0.3, -0.25) is 0 Å². The van der Waals surface area contributed by atoms with Crippen molar-refractivity contribution in [3.8, 4) is 5.75 Å². The number of unbranched alkanes of at least 4 members (excludes halogenated alkanes) is 1. The van der Waals surface area contributed by atoms with E-state index in [1.54, 1.807) is 7.11 Å². The van der Waals surface area contributed by atoms with E-state index in [4.69, 9.17) is 14.2 Å². The van der Waals surface area contributed by atoms with E-state index < -0.39 is 0 Å². The summed E-state index contributed by atoms with van der Waals surface area (Å²) in [6.07, 6.45) is 4.89. The Hall–Kier alpha value is -1.06. The predicted molar refractivity (Wildman–Crippen MR) is 84.6 cm³/mol. The summed E-state index contributed by atoms with van der Waals surface area (Å²) < 4.78 is 16.6. The van der Waals surface area contributed by atoms with E-state index >= 15 is 0 Å². The molecule has 3 heteroatoms. The number of ether oxygens (including phenoxy) is 3. The molecule has 0 spiro atoms. The lowest BCUT2D eigenvalue weighted by Gasteiger charge is -2.06. The van der Waals surface area contributed by atoms with Crippen LogP contribution in [0.2, 0.25) is 0 Å². The summed E-state index contributed by atoms with van der Waals surface area (Å²) in [5, 5.41) is 0. The molecule has 3 nitrogen and oxygen atoms in total. The molecule has 1 aromatic carbocycles. The van der Waals surface area contributed by atoms with Crippen molar-refractivity contribution in [1.29, 1.82) is 0 Å². The average Bonchev–Trinajstić information content (AvgIpc) is 3.26. The van der Waals surface area contributed by atoms with Crippen molar-refractivity contribution >= 4 is 0 Å². The first-order chi connectivity index (χ1) is 10.3. The fourth-order valence-corrected chi connectivity index (χ4v) is 2.50. The lowest BCUT2D eigenvalue weighted by atomic mass is 10.2. The molecule has 0 unspecified atom stereocenters. The quantitative estimate of drug-likeness (QED) is 0.576. The Morgan fingerprint density at radius 3 is 2.57 bits per heavy atom. The average molecular weight is 292 g/mol. The zero-order chi connectivity index (χ0) is 14.9. The SMILES string of the molecule is CCCCOCC[C@@H]1C[C@@H]1COCc1ccc(OC)cc1. The van der Waals surface area contributed by atoms with Gasteiger partial charge in [-0.15, -0.1) is 0 Å². The topological polar surface area (TPSA) is 27.7 Å². The maximum absolute atomic E-state index is 5.81. The van der Waals surface area contributed by atoms with Gasteiger partial charge >= 0.3 is 0 Å². The van der Waals surface area contributed by atoms with Gasteiger partial charge in [0.25, 0.3) is 0 Å². The first-order valence-electron chi connectivity index (χ1n) is 8.12. The molecule has 1 saturated carbocycles. The third kappa shape index (κ3) is 6.06. The van der Waals surface area contributed by atoms with Crippen LogP contribution in [0.4, 0.5) is 0 Å². The molecule has 1 aromatic rings. The fraction of sp³-hybridized carbons (Fsp3) is 0.667. The highest BCUT2D eigenvalue weighted by Gasteiger charge is 2.36. The molecular formula is C18H28O3. The Morgan fingerprint density at radius 1 is 1.05 bits per heavy atom. The third-order valence-corrected chi connectivity index (χ3v) is 4.10. The highest BCUT2D eigenvalue weighted by atomic mass is 16.5. The van der Waals surface area contributed by atoms with Gasteiger partial charge in [-0.2, -0.15) is 0 Å². The monoisotopic (exact) mass is 292 g/mol. The summed E-state index contributed by atoms with van der Waals surface area (Å²) in [7, 11) is 1.69. The number of rotatable bonds is 11. The smallest absolute Gasteiger partial charge is 0.118 e. The van der Waals surface area contributed by atoms with Crippen LogP contribution < -0.4 is 4.74 Å². The lowest BCUT2D eigenvalue weighted by molar-refractivity contribution is 0.100. The molecule has 1 fully saturated rings. The first-order valence-corrected chi connectivity index (χ1v) is 8.12. The highest BCUT2D eigenvalue weighted by molar-refractivity contribution is 5.26. The van der Waals surface area contributed by atoms with Gasteiger partial charge in [0, 0.05) is 13.2 Å². The molecule has 0 radical (unpaired) electrons. The second-order valence-corrected chi connectivity index (χ2v) is 5.87. The van der Waals surface area contributed by atoms with Crippen molar-refractivity contribution in [2.24, 2.45) is 11.8 Å². The van der Waals surface area contributed by atoms with E-state index in [1.807, 2.05) is 12.1 Å². The van der Waals surface area contributed by atoms with Crippen LogP contribution in [0.15, 0.2) is 24.3 Å². The molecular weight excluding hydrogens is 264 g/mol. The van der Waals surface area contributed by atoms with Crippen molar-refractivity contribution in [1.82, 2.24) is 0 Å². The molecule has 0 amide bonds. The zero-order valence-corrected chi connectivity index (χ0v) is 13.3. The first kappa shape index (κ1) is 16.3. The van der Waals surface area contributed by atoms with Gasteiger partial charge in [-0.05, 0) is 48.8 Å². The highest BCUT2D eigenvalue weighted by Crippen LogP contribution is 2.41. The second kappa shape index (κ2) is 9.06. The van der Waals surface area contributed by atoms with E-state index in [2.05, 4.69) is 19.1 Å². The minimum Gasteiger partial charge on any atom is -0.497 e. The molecule has 21 heavy (non-hydrogen) atoms. The van der Waals surface area contributed by atoms with E-state index in [9.17, 15) is 0 Å². The van der Waals surface area contributed by atoms with Crippen LogP contribution in [-0.4, -0.2) is 26.9 Å². The predicted octanol–water partition coefficient (Wildman–Crippen LogP) is 4.05. The van der Waals surface area contributed by atoms with Gasteiger partial charge in [0.05, 0.1) is 20.3 Å². The van der Waals surface area contributed by atoms with E-state index in [0.717, 1.165) is 37.4 Å². The van der Waals surface area contributed by atoms with Crippen molar-refractivity contribution in [3.63, 3.8) is 0 Å². The van der Waals surface area contributed by atoms with Crippen LogP contribution >= 0.6 is 0 Å². The summed E-state index contributed by atoms with van der Waals surface area (Å²) in [6, 6.07) is 8.08. The molecule has 0 aromatic heterocycles. The molecule has 1 aliphatic carbocycles. The minimum atomic E-state index is 0.695. The standard InChI is InChI=1S/C18H28O3/c1-3-4-10-20-11-9-16-12-17(16)14-21-13-15-5-7-18(19-2)8-6-15/h5-8,16-17H,3-4,9-14H2,1-2H3/t16-,17-/m1/s1. The fourth-order valence-electron chi connectivity index (χ4n) is 2.50. The van der Waals surface area contributed by atoms with Crippen LogP contribution in [0.3, 0.4) is 0 Å². The van der Waals surface area contributed by atoms with Gasteiger partial charge in [0.2, 0.25) is 0 Å². The van der Waals surface area contributed by atoms with Crippen LogP contribution in [-0.2, 0) is 16.1 Å². The molecule has 0 saturated heterocycles. The summed E-state index contributed by atoms with van der Waals surface area (Å²) >= 11 is 0. The van der Waals surface area contributed by atoms with Crippen LogP contribution in [0.1, 0.15) is 38.2 Å². The van der Waals surface area contributed by atoms with Crippen LogP contribution in [0.5, 0.6) is 5.75 Å². The number of benzene rings is 1. The largest absolute Gasteiger partial charge is 0.497 e. The molecule has 0 heterocycles. The molecule has 2 rings (SSSR count). The van der Waals surface area contributed by atoms with E-state index in [-0.39, 0.29) is 0 Å². The van der Waals surface area contributed by atoms with Gasteiger partial charge in [0.1, 0.15) is 5.75 Å². The van der Waals surface area contributed by atoms with Crippen LogP contribution in [0, 0.1) is 11.8 Å². The van der Waals surface area contributed by atoms with E-state index in [0.29, 0.717) is 6.61 Å². The Bertz CT molecular complexity index is 388. The molecule has 0 bridgehead atoms. The zero-order valence-electron chi connectivity index (χ0n) is 13.3. The number of methoxy groups -OCH3 is 1. The molecule has 0 N–H and O–H groups in total. The molecule has 118 valence electrons. The molecule has 1 aliphatic rings. The second-order valence-electron chi connectivity index (χ2n) is 5.87. The lowest BCUT2D eigenvalue weighted by Crippen LogP contribution is -2.02. The third-order valence-electron chi connectivity index (χ3n) is 4.10. The van der Waals surface area contributed by atoms with Gasteiger partial charge in [-0.1, -0.05) is 25.5 Å². The number of hydrogen-bond acceptors (Lipinski definition) is 3. The Balaban J connectivity index is 1.50. The van der Waals surface area contributed by atoms with Crippen molar-refractivity contribution in [3.05, 3.63) is 29.8 Å². The minimum absolute atomic E-state index is 0.695. The maximum atomic E-state index is 5.81. The van der Waals surface area contributed by atoms with Crippen molar-refractivity contribution in [2.75, 3.05) is 26.9 Å². The Kier molecular flexibility index (Phi) is 7.04. The van der Waals surface area contributed by atoms with Crippen molar-refractivity contribution < 1.29 is 14.2 Å². The summed E-state index contributed by atoms with van der Waals surface area (Å²) in [5.74, 6) is 2.46. The van der Waals surface area contributed by atoms with Crippen molar-refractivity contribution in [2.45, 2.75) is 39.2 Å². The summed E-state index contributed by atoms with van der Waals surface area (Å²) in [6.45, 7) is 5.60. The summed E-state index contributed by atoms with van der Waals surface area (Å²) in [4.78, 5) is 0. The Morgan fingerprint density at radius 2 is 1.86 bits per heavy atom. The number of hydrogen-bond donors (Lipinski definition) is 0. The van der Waals surface area contributed by atoms with Crippen LogP contribution in [0.25, 0.3) is 0 Å². The molecule has 2 atom stereocenters. The van der Waals surface area contributed by atoms with Gasteiger partial charge in [-0.25, -0.2) is 0 Å². The maximum Gasteiger partial charge on any atom is 0.118 e.